The molecule has 0 amide bonds. The fourth-order valence-electron chi connectivity index (χ4n) is 2.19. The Balaban J connectivity index is 2.04. The number of aliphatic hydroxyl groups is 1. The van der Waals surface area contributed by atoms with Crippen molar-refractivity contribution >= 4 is 11.9 Å². The van der Waals surface area contributed by atoms with Crippen LogP contribution in [0.25, 0.3) is 0 Å². The van der Waals surface area contributed by atoms with Gasteiger partial charge in [-0.3, -0.25) is 0 Å². The number of anilines is 2. The van der Waals surface area contributed by atoms with Crippen molar-refractivity contribution in [3.8, 4) is 6.01 Å². The standard InChI is InChI=1S/C12H21N5O2/c1-3-19-11-16-9(13-2)15-10(17-11)14-8-12(18)6-4-5-7-12/h18H,3-8H2,1-2H3,(H2,13,14,15,16,17). The molecule has 0 bridgehead atoms. The fourth-order valence-corrected chi connectivity index (χ4v) is 2.19. The third kappa shape index (κ3) is 3.66. The number of nitrogens with zero attached hydrogens (tertiary/aromatic N) is 3. The molecule has 1 heterocycles. The molecule has 3 N–H and O–H groups in total. The number of aromatic nitrogens is 3. The highest BCUT2D eigenvalue weighted by molar-refractivity contribution is 5.35. The first kappa shape index (κ1) is 13.8. The van der Waals surface area contributed by atoms with Crippen molar-refractivity contribution in [3.63, 3.8) is 0 Å². The summed E-state index contributed by atoms with van der Waals surface area (Å²) in [4.78, 5) is 12.4. The minimum Gasteiger partial charge on any atom is -0.464 e. The van der Waals surface area contributed by atoms with E-state index in [4.69, 9.17) is 4.74 Å². The Morgan fingerprint density at radius 1 is 1.21 bits per heavy atom. The van der Waals surface area contributed by atoms with Crippen LogP contribution < -0.4 is 15.4 Å². The second-order valence-electron chi connectivity index (χ2n) is 4.73. The van der Waals surface area contributed by atoms with Crippen molar-refractivity contribution in [1.29, 1.82) is 0 Å². The quantitative estimate of drug-likeness (QED) is 0.709. The normalized spacial score (nSPS) is 17.2. The molecule has 1 aliphatic carbocycles. The van der Waals surface area contributed by atoms with Gasteiger partial charge in [0.25, 0.3) is 0 Å². The van der Waals surface area contributed by atoms with Crippen LogP contribution in [0.1, 0.15) is 32.6 Å². The van der Waals surface area contributed by atoms with E-state index in [1.165, 1.54) is 0 Å². The summed E-state index contributed by atoms with van der Waals surface area (Å²) < 4.78 is 5.28. The van der Waals surface area contributed by atoms with E-state index in [0.717, 1.165) is 25.7 Å². The first-order valence-corrected chi connectivity index (χ1v) is 6.68. The summed E-state index contributed by atoms with van der Waals surface area (Å²) in [5.74, 6) is 0.863. The lowest BCUT2D eigenvalue weighted by Gasteiger charge is -2.22. The number of hydrogen-bond donors (Lipinski definition) is 3. The predicted octanol–water partition coefficient (Wildman–Crippen LogP) is 1.03. The molecule has 0 atom stereocenters. The third-order valence-corrected chi connectivity index (χ3v) is 3.22. The summed E-state index contributed by atoms with van der Waals surface area (Å²) in [5, 5.41) is 16.2. The Morgan fingerprint density at radius 3 is 2.53 bits per heavy atom. The molecule has 1 fully saturated rings. The molecule has 0 spiro atoms. The number of ether oxygens (including phenoxy) is 1. The van der Waals surface area contributed by atoms with Gasteiger partial charge in [-0.15, -0.1) is 0 Å². The highest BCUT2D eigenvalue weighted by Gasteiger charge is 2.31. The maximum absolute atomic E-state index is 10.3. The first-order chi connectivity index (χ1) is 9.15. The number of nitrogens with one attached hydrogen (secondary N) is 2. The minimum atomic E-state index is -0.641. The Labute approximate surface area is 112 Å². The molecule has 0 unspecified atom stereocenters. The zero-order chi connectivity index (χ0) is 13.7. The zero-order valence-corrected chi connectivity index (χ0v) is 11.4. The van der Waals surface area contributed by atoms with Crippen molar-refractivity contribution in [1.82, 2.24) is 15.0 Å². The van der Waals surface area contributed by atoms with Crippen molar-refractivity contribution in [2.75, 3.05) is 30.8 Å². The van der Waals surface area contributed by atoms with Crippen LogP contribution in [0, 0.1) is 0 Å². The molecule has 7 heteroatoms. The van der Waals surface area contributed by atoms with Crippen LogP contribution in [-0.2, 0) is 0 Å². The van der Waals surface area contributed by atoms with Gasteiger partial charge < -0.3 is 20.5 Å². The highest BCUT2D eigenvalue weighted by atomic mass is 16.5. The van der Waals surface area contributed by atoms with Crippen LogP contribution in [0.15, 0.2) is 0 Å². The fraction of sp³-hybridized carbons (Fsp3) is 0.750. The van der Waals surface area contributed by atoms with E-state index < -0.39 is 5.60 Å². The van der Waals surface area contributed by atoms with Gasteiger partial charge in [0.2, 0.25) is 11.9 Å². The average Bonchev–Trinajstić information content (AvgIpc) is 2.84. The topological polar surface area (TPSA) is 92.2 Å². The lowest BCUT2D eigenvalue weighted by molar-refractivity contribution is 0.0612. The van der Waals surface area contributed by atoms with E-state index in [1.807, 2.05) is 6.92 Å². The van der Waals surface area contributed by atoms with Crippen molar-refractivity contribution in [2.24, 2.45) is 0 Å². The molecule has 1 aromatic rings. The molecule has 0 saturated heterocycles. The molecule has 106 valence electrons. The van der Waals surface area contributed by atoms with Gasteiger partial charge >= 0.3 is 6.01 Å². The summed E-state index contributed by atoms with van der Waals surface area (Å²) >= 11 is 0. The van der Waals surface area contributed by atoms with Crippen molar-refractivity contribution < 1.29 is 9.84 Å². The molecule has 1 aliphatic rings. The summed E-state index contributed by atoms with van der Waals surface area (Å²) in [6, 6.07) is 0.280. The molecule has 0 radical (unpaired) electrons. The minimum absolute atomic E-state index is 0.280. The van der Waals surface area contributed by atoms with Gasteiger partial charge in [0.15, 0.2) is 0 Å². The predicted molar refractivity (Wildman–Crippen MR) is 72.5 cm³/mol. The van der Waals surface area contributed by atoms with Gasteiger partial charge in [-0.2, -0.15) is 15.0 Å². The second-order valence-corrected chi connectivity index (χ2v) is 4.73. The molecule has 1 aromatic heterocycles. The Kier molecular flexibility index (Phi) is 4.36. The van der Waals surface area contributed by atoms with E-state index >= 15 is 0 Å². The smallest absolute Gasteiger partial charge is 0.323 e. The monoisotopic (exact) mass is 267 g/mol. The molecule has 0 aliphatic heterocycles. The van der Waals surface area contributed by atoms with Crippen molar-refractivity contribution in [3.05, 3.63) is 0 Å². The van der Waals surface area contributed by atoms with Crippen molar-refractivity contribution in [2.45, 2.75) is 38.2 Å². The zero-order valence-electron chi connectivity index (χ0n) is 11.4. The molecule has 19 heavy (non-hydrogen) atoms. The van der Waals surface area contributed by atoms with Gasteiger partial charge in [-0.1, -0.05) is 12.8 Å². The average molecular weight is 267 g/mol. The largest absolute Gasteiger partial charge is 0.464 e. The van der Waals surface area contributed by atoms with Crippen LogP contribution in [0.3, 0.4) is 0 Å². The summed E-state index contributed by atoms with van der Waals surface area (Å²) in [6.07, 6.45) is 3.78. The van der Waals surface area contributed by atoms with Gasteiger partial charge in [-0.25, -0.2) is 0 Å². The maximum atomic E-state index is 10.3. The maximum Gasteiger partial charge on any atom is 0.323 e. The molecular formula is C12H21N5O2. The van der Waals surface area contributed by atoms with E-state index in [0.29, 0.717) is 25.0 Å². The van der Waals surface area contributed by atoms with Gasteiger partial charge in [0.05, 0.1) is 12.2 Å². The molecule has 1 saturated carbocycles. The van der Waals surface area contributed by atoms with E-state index in [9.17, 15) is 5.11 Å². The lowest BCUT2D eigenvalue weighted by Crippen LogP contribution is -2.34. The van der Waals surface area contributed by atoms with Gasteiger partial charge in [0.1, 0.15) is 0 Å². The lowest BCUT2D eigenvalue weighted by atomic mass is 10.0. The van der Waals surface area contributed by atoms with Crippen LogP contribution in [0.2, 0.25) is 0 Å². The van der Waals surface area contributed by atoms with Crippen LogP contribution in [0.5, 0.6) is 6.01 Å². The number of rotatable bonds is 6. The molecule has 2 rings (SSSR count). The Hall–Kier alpha value is -1.63. The second kappa shape index (κ2) is 6.01. The van der Waals surface area contributed by atoms with Crippen LogP contribution in [0.4, 0.5) is 11.9 Å². The molecule has 7 nitrogen and oxygen atoms in total. The first-order valence-electron chi connectivity index (χ1n) is 6.68. The summed E-state index contributed by atoms with van der Waals surface area (Å²) in [6.45, 7) is 2.82. The Morgan fingerprint density at radius 2 is 1.89 bits per heavy atom. The van der Waals surface area contributed by atoms with E-state index in [1.54, 1.807) is 7.05 Å². The number of hydrogen-bond acceptors (Lipinski definition) is 7. The molecular weight excluding hydrogens is 246 g/mol. The Bertz CT molecular complexity index is 421. The van der Waals surface area contributed by atoms with Crippen LogP contribution in [-0.4, -0.2) is 45.9 Å². The molecule has 0 aromatic carbocycles. The summed E-state index contributed by atoms with van der Waals surface area (Å²) in [5.41, 5.74) is -0.641. The van der Waals surface area contributed by atoms with Gasteiger partial charge in [0, 0.05) is 13.6 Å². The van der Waals surface area contributed by atoms with Gasteiger partial charge in [-0.05, 0) is 19.8 Å². The van der Waals surface area contributed by atoms with E-state index in [2.05, 4.69) is 25.6 Å². The highest BCUT2D eigenvalue weighted by Crippen LogP contribution is 2.29. The van der Waals surface area contributed by atoms with E-state index in [-0.39, 0.29) is 6.01 Å². The SMILES string of the molecule is CCOc1nc(NC)nc(NCC2(O)CCCC2)n1. The van der Waals surface area contributed by atoms with Crippen LogP contribution >= 0.6 is 0 Å². The summed E-state index contributed by atoms with van der Waals surface area (Å²) in [7, 11) is 1.74. The third-order valence-electron chi connectivity index (χ3n) is 3.22.